The van der Waals surface area contributed by atoms with Gasteiger partial charge in [0.15, 0.2) is 0 Å². The number of piperidine rings is 1. The molecule has 2 aliphatic rings. The SMILES string of the molecule is CC(=O)N1CCCC(N)C1COC1CC(c2ccccc2)C1. The van der Waals surface area contributed by atoms with E-state index in [2.05, 4.69) is 30.3 Å². The minimum Gasteiger partial charge on any atom is -0.376 e. The summed E-state index contributed by atoms with van der Waals surface area (Å²) < 4.78 is 6.05. The third-order valence-corrected chi connectivity index (χ3v) is 5.10. The zero-order valence-electron chi connectivity index (χ0n) is 13.3. The number of hydrogen-bond acceptors (Lipinski definition) is 3. The molecule has 0 radical (unpaired) electrons. The van der Waals surface area contributed by atoms with Gasteiger partial charge in [-0.3, -0.25) is 4.79 Å². The van der Waals surface area contributed by atoms with Crippen LogP contribution in [-0.4, -0.2) is 42.1 Å². The van der Waals surface area contributed by atoms with Crippen molar-refractivity contribution in [3.8, 4) is 0 Å². The van der Waals surface area contributed by atoms with Crippen molar-refractivity contribution >= 4 is 5.91 Å². The lowest BCUT2D eigenvalue weighted by molar-refractivity contribution is -0.136. The number of ether oxygens (including phenoxy) is 1. The fourth-order valence-electron chi connectivity index (χ4n) is 3.62. The van der Waals surface area contributed by atoms with Gasteiger partial charge in [0.2, 0.25) is 5.91 Å². The molecule has 1 saturated carbocycles. The molecule has 2 N–H and O–H groups in total. The first-order chi connectivity index (χ1) is 10.6. The fourth-order valence-corrected chi connectivity index (χ4v) is 3.62. The number of benzene rings is 1. The highest BCUT2D eigenvalue weighted by atomic mass is 16.5. The number of rotatable bonds is 4. The summed E-state index contributed by atoms with van der Waals surface area (Å²) in [7, 11) is 0. The minimum absolute atomic E-state index is 0.0435. The maximum Gasteiger partial charge on any atom is 0.219 e. The molecule has 1 aromatic rings. The van der Waals surface area contributed by atoms with Crippen LogP contribution in [0, 0.1) is 0 Å². The average Bonchev–Trinajstić information content (AvgIpc) is 2.47. The first-order valence-corrected chi connectivity index (χ1v) is 8.34. The van der Waals surface area contributed by atoms with Crippen LogP contribution in [0.25, 0.3) is 0 Å². The van der Waals surface area contributed by atoms with Crippen LogP contribution < -0.4 is 5.73 Å². The Morgan fingerprint density at radius 1 is 1.32 bits per heavy atom. The first kappa shape index (κ1) is 15.5. The highest BCUT2D eigenvalue weighted by molar-refractivity contribution is 5.73. The molecule has 1 saturated heterocycles. The monoisotopic (exact) mass is 302 g/mol. The smallest absolute Gasteiger partial charge is 0.219 e. The van der Waals surface area contributed by atoms with Crippen LogP contribution in [0.5, 0.6) is 0 Å². The van der Waals surface area contributed by atoms with Gasteiger partial charge >= 0.3 is 0 Å². The van der Waals surface area contributed by atoms with E-state index in [1.807, 2.05) is 4.90 Å². The molecule has 0 spiro atoms. The number of carbonyl (C=O) groups is 1. The Hall–Kier alpha value is -1.39. The molecule has 1 heterocycles. The lowest BCUT2D eigenvalue weighted by atomic mass is 9.77. The normalized spacial score (nSPS) is 31.6. The quantitative estimate of drug-likeness (QED) is 0.928. The molecule has 22 heavy (non-hydrogen) atoms. The predicted molar refractivity (Wildman–Crippen MR) is 86.5 cm³/mol. The van der Waals surface area contributed by atoms with Gasteiger partial charge < -0.3 is 15.4 Å². The molecule has 2 atom stereocenters. The first-order valence-electron chi connectivity index (χ1n) is 8.34. The van der Waals surface area contributed by atoms with Crippen LogP contribution in [0.4, 0.5) is 0 Å². The molecule has 4 nitrogen and oxygen atoms in total. The van der Waals surface area contributed by atoms with Crippen LogP contribution in [0.15, 0.2) is 30.3 Å². The molecule has 120 valence electrons. The van der Waals surface area contributed by atoms with Crippen LogP contribution in [0.1, 0.15) is 44.1 Å². The molecule has 4 heteroatoms. The molecular formula is C18H26N2O2. The molecule has 0 aromatic heterocycles. The van der Waals surface area contributed by atoms with Crippen molar-refractivity contribution in [2.45, 2.75) is 56.7 Å². The van der Waals surface area contributed by atoms with Gasteiger partial charge in [0.1, 0.15) is 0 Å². The summed E-state index contributed by atoms with van der Waals surface area (Å²) in [4.78, 5) is 13.6. The standard InChI is InChI=1S/C18H26N2O2/c1-13(21)20-9-5-8-17(19)18(20)12-22-16-10-15(11-16)14-6-3-2-4-7-14/h2-4,6-7,15-18H,5,8-12,19H2,1H3. The third kappa shape index (κ3) is 3.33. The van der Waals surface area contributed by atoms with Gasteiger partial charge in [-0.1, -0.05) is 30.3 Å². The summed E-state index contributed by atoms with van der Waals surface area (Å²) in [6.07, 6.45) is 4.44. The summed E-state index contributed by atoms with van der Waals surface area (Å²) in [5.41, 5.74) is 7.60. The zero-order chi connectivity index (χ0) is 15.5. The van der Waals surface area contributed by atoms with Crippen LogP contribution in [-0.2, 0) is 9.53 Å². The van der Waals surface area contributed by atoms with E-state index in [0.717, 1.165) is 32.2 Å². The minimum atomic E-state index is 0.0435. The number of nitrogens with two attached hydrogens (primary N) is 1. The fraction of sp³-hybridized carbons (Fsp3) is 0.611. The van der Waals surface area contributed by atoms with E-state index in [9.17, 15) is 4.79 Å². The van der Waals surface area contributed by atoms with E-state index in [0.29, 0.717) is 18.6 Å². The summed E-state index contributed by atoms with van der Waals surface area (Å²) in [6, 6.07) is 10.7. The number of likely N-dealkylation sites (tertiary alicyclic amines) is 1. The number of amides is 1. The maximum absolute atomic E-state index is 11.7. The molecular weight excluding hydrogens is 276 g/mol. The zero-order valence-corrected chi connectivity index (χ0v) is 13.3. The average molecular weight is 302 g/mol. The van der Waals surface area contributed by atoms with E-state index >= 15 is 0 Å². The Labute approximate surface area is 132 Å². The summed E-state index contributed by atoms with van der Waals surface area (Å²) in [5, 5.41) is 0. The van der Waals surface area contributed by atoms with E-state index in [1.165, 1.54) is 5.56 Å². The third-order valence-electron chi connectivity index (χ3n) is 5.10. The van der Waals surface area contributed by atoms with Gasteiger partial charge in [-0.25, -0.2) is 0 Å². The van der Waals surface area contributed by atoms with Crippen LogP contribution >= 0.6 is 0 Å². The number of carbonyl (C=O) groups excluding carboxylic acids is 1. The van der Waals surface area contributed by atoms with Crippen LogP contribution in [0.3, 0.4) is 0 Å². The van der Waals surface area contributed by atoms with Crippen molar-refractivity contribution in [3.63, 3.8) is 0 Å². The highest BCUT2D eigenvalue weighted by Gasteiger charge is 2.35. The molecule has 1 aromatic carbocycles. The van der Waals surface area contributed by atoms with Crippen molar-refractivity contribution in [1.82, 2.24) is 4.90 Å². The molecule has 1 amide bonds. The Morgan fingerprint density at radius 2 is 2.05 bits per heavy atom. The van der Waals surface area contributed by atoms with Crippen molar-refractivity contribution in [1.29, 1.82) is 0 Å². The molecule has 0 bridgehead atoms. The van der Waals surface area contributed by atoms with Crippen molar-refractivity contribution in [2.75, 3.05) is 13.2 Å². The van der Waals surface area contributed by atoms with Gasteiger partial charge in [0, 0.05) is 19.5 Å². The molecule has 1 aliphatic heterocycles. The molecule has 1 aliphatic carbocycles. The second-order valence-corrected chi connectivity index (χ2v) is 6.62. The largest absolute Gasteiger partial charge is 0.376 e. The van der Waals surface area contributed by atoms with Gasteiger partial charge in [0.25, 0.3) is 0 Å². The Bertz CT molecular complexity index is 499. The van der Waals surface area contributed by atoms with Crippen LogP contribution in [0.2, 0.25) is 0 Å². The molecule has 2 unspecified atom stereocenters. The lowest BCUT2D eigenvalue weighted by Gasteiger charge is -2.42. The summed E-state index contributed by atoms with van der Waals surface area (Å²) in [6.45, 7) is 3.01. The summed E-state index contributed by atoms with van der Waals surface area (Å²) >= 11 is 0. The van der Waals surface area contributed by atoms with E-state index in [1.54, 1.807) is 6.92 Å². The Balaban J connectivity index is 1.48. The maximum atomic E-state index is 11.7. The Morgan fingerprint density at radius 3 is 2.73 bits per heavy atom. The van der Waals surface area contributed by atoms with Gasteiger partial charge in [-0.15, -0.1) is 0 Å². The predicted octanol–water partition coefficient (Wildman–Crippen LogP) is 2.29. The molecule has 3 rings (SSSR count). The van der Waals surface area contributed by atoms with E-state index in [4.69, 9.17) is 10.5 Å². The summed E-state index contributed by atoms with van der Waals surface area (Å²) in [5.74, 6) is 0.731. The Kier molecular flexibility index (Phi) is 4.79. The van der Waals surface area contributed by atoms with E-state index in [-0.39, 0.29) is 18.0 Å². The van der Waals surface area contributed by atoms with Crippen molar-refractivity contribution < 1.29 is 9.53 Å². The van der Waals surface area contributed by atoms with Gasteiger partial charge in [-0.2, -0.15) is 0 Å². The van der Waals surface area contributed by atoms with Gasteiger partial charge in [-0.05, 0) is 37.2 Å². The topological polar surface area (TPSA) is 55.6 Å². The van der Waals surface area contributed by atoms with Crippen molar-refractivity contribution in [3.05, 3.63) is 35.9 Å². The van der Waals surface area contributed by atoms with Crippen molar-refractivity contribution in [2.24, 2.45) is 5.73 Å². The highest BCUT2D eigenvalue weighted by Crippen LogP contribution is 2.38. The lowest BCUT2D eigenvalue weighted by Crippen LogP contribution is -2.56. The van der Waals surface area contributed by atoms with Gasteiger partial charge in [0.05, 0.1) is 18.8 Å². The second-order valence-electron chi connectivity index (χ2n) is 6.62. The second kappa shape index (κ2) is 6.80. The number of nitrogens with zero attached hydrogens (tertiary/aromatic N) is 1. The van der Waals surface area contributed by atoms with E-state index < -0.39 is 0 Å². The molecule has 2 fully saturated rings. The number of hydrogen-bond donors (Lipinski definition) is 1.